The van der Waals surface area contributed by atoms with Crippen LogP contribution < -0.4 is 28.4 Å². The van der Waals surface area contributed by atoms with Crippen LogP contribution in [0, 0.1) is 41.5 Å². The van der Waals surface area contributed by atoms with Crippen molar-refractivity contribution >= 4 is 47.8 Å². The number of aryl methyl sites for hydroxylation is 5. The summed E-state index contributed by atoms with van der Waals surface area (Å²) in [5.74, 6) is -0.0465. The van der Waals surface area contributed by atoms with Crippen molar-refractivity contribution in [3.8, 4) is 51.0 Å². The monoisotopic (exact) mass is 1450 g/mol. The molecule has 12 bridgehead atoms. The highest BCUT2D eigenvalue weighted by molar-refractivity contribution is 7.90. The van der Waals surface area contributed by atoms with E-state index in [4.69, 9.17) is 14.2 Å². The highest BCUT2D eigenvalue weighted by atomic mass is 32.2. The quantitative estimate of drug-likeness (QED) is 0.148. The Kier molecular flexibility index (Phi) is 21.1. The van der Waals surface area contributed by atoms with Crippen LogP contribution >= 0.6 is 0 Å². The molecule has 3 N–H and O–H groups in total. The van der Waals surface area contributed by atoms with Crippen molar-refractivity contribution in [3.05, 3.63) is 177 Å². The number of nitrogens with zero attached hydrogens (tertiary/aromatic N) is 9. The maximum Gasteiger partial charge on any atom is 0.267 e. The van der Waals surface area contributed by atoms with Crippen LogP contribution in [-0.4, -0.2) is 107 Å². The Labute approximate surface area is 597 Å². The molecule has 9 aromatic rings. The Morgan fingerprint density at radius 1 is 0.451 bits per heavy atom. The van der Waals surface area contributed by atoms with Crippen LogP contribution in [0.3, 0.4) is 0 Å². The Balaban J connectivity index is 0.000000165. The van der Waals surface area contributed by atoms with Gasteiger partial charge in [0.25, 0.3) is 30.1 Å². The molecule has 0 saturated heterocycles. The lowest BCUT2D eigenvalue weighted by atomic mass is 9.87. The summed E-state index contributed by atoms with van der Waals surface area (Å²) < 4.78 is 108. The summed E-state index contributed by atoms with van der Waals surface area (Å²) in [4.78, 5) is 52.3. The minimum Gasteiger partial charge on any atom is -0.475 e. The van der Waals surface area contributed by atoms with Crippen LogP contribution in [0.15, 0.2) is 125 Å². The molecule has 0 spiro atoms. The van der Waals surface area contributed by atoms with Crippen LogP contribution in [0.25, 0.3) is 33.4 Å². The third-order valence-corrected chi connectivity index (χ3v) is 22.5. The molecule has 3 aliphatic heterocycles. The summed E-state index contributed by atoms with van der Waals surface area (Å²) in [5, 5.41) is 13.1. The zero-order valence-corrected chi connectivity index (χ0v) is 63.5. The Morgan fingerprint density at radius 2 is 0.824 bits per heavy atom. The average Bonchev–Trinajstić information content (AvgIpc) is 1.57. The lowest BCUT2D eigenvalue weighted by molar-refractivity contribution is -0.119. The molecule has 0 aliphatic carbocycles. The molecule has 3 aliphatic rings. The van der Waals surface area contributed by atoms with Gasteiger partial charge in [0, 0.05) is 49.2 Å². The number of amides is 3. The van der Waals surface area contributed by atoms with Gasteiger partial charge in [-0.1, -0.05) is 94.6 Å². The molecule has 24 nitrogen and oxygen atoms in total. The maximum atomic E-state index is 13.3. The van der Waals surface area contributed by atoms with Crippen LogP contribution in [-0.2, 0) is 80.3 Å². The first-order valence-electron chi connectivity index (χ1n) is 33.7. The smallest absolute Gasteiger partial charge is 0.267 e. The fourth-order valence-corrected chi connectivity index (χ4v) is 16.4. The van der Waals surface area contributed by atoms with E-state index in [0.717, 1.165) is 83.5 Å². The lowest BCUT2D eigenvalue weighted by Crippen LogP contribution is -2.36. The van der Waals surface area contributed by atoms with Gasteiger partial charge in [0.15, 0.2) is 0 Å². The van der Waals surface area contributed by atoms with E-state index in [9.17, 15) is 39.6 Å². The first kappa shape index (κ1) is 75.1. The van der Waals surface area contributed by atoms with E-state index in [1.165, 1.54) is 23.3 Å². The molecule has 0 saturated carbocycles. The molecule has 102 heavy (non-hydrogen) atoms. The van der Waals surface area contributed by atoms with Gasteiger partial charge in [-0.15, -0.1) is 0 Å². The van der Waals surface area contributed by atoms with Crippen molar-refractivity contribution in [2.45, 2.75) is 193 Å². The van der Waals surface area contributed by atoms with Gasteiger partial charge in [-0.3, -0.25) is 28.4 Å². The topological polar surface area (TPSA) is 310 Å². The summed E-state index contributed by atoms with van der Waals surface area (Å²) in [6.07, 6.45) is 8.86. The molecular weight excluding hydrogens is 1360 g/mol. The summed E-state index contributed by atoms with van der Waals surface area (Å²) in [6.45, 7) is 35.3. The minimum atomic E-state index is -4.13. The molecule has 3 aromatic carbocycles. The van der Waals surface area contributed by atoms with E-state index >= 15 is 0 Å². The van der Waals surface area contributed by atoms with Crippen molar-refractivity contribution in [3.63, 3.8) is 0 Å². The molecule has 27 heteroatoms. The van der Waals surface area contributed by atoms with Crippen LogP contribution in [0.5, 0.6) is 17.6 Å². The molecule has 3 amide bonds. The second-order valence-corrected chi connectivity index (χ2v) is 34.2. The molecule has 6 aromatic heterocycles. The number of carbonyl (C=O) groups is 3. The summed E-state index contributed by atoms with van der Waals surface area (Å²) >= 11 is 0. The normalized spacial score (nSPS) is 17.2. The molecule has 0 fully saturated rings. The van der Waals surface area contributed by atoms with Gasteiger partial charge in [-0.2, -0.15) is 15.3 Å². The standard InChI is InChI=1S/C26H32N4O4S.C25H30N4O4S.C24H28N4O4S/c1-15(2)20-10-16(3)11-21-19-8-9-27-24(12-19)34-14-26(6,7)30-18(5)25(17(4)28-30)35(32,33)29-23(31)13-22(20)21;1-15(2)19-9-16(3)10-20-18-7-8-26-24(11-18)33-14-25(5,6)29-13-22(17(4)27-29)34(31,32)28-23(30)12-21(19)20;1-15(2)19-8-16(3)9-20-17-6-7-25-23(10-17)32-14-24(4,5)28-13-18(12-26-28)33(30,31)27-22(29)11-21(19)20/h8-12,15H,13-14H2,1-7H3,(H,29,31);7-11,13,15H,12,14H2,1-6H3,(H,28,30);6-10,12-13,15H,11,14H2,1-5H3,(H,27,29). The van der Waals surface area contributed by atoms with Gasteiger partial charge in [0.1, 0.15) is 34.5 Å². The fourth-order valence-electron chi connectivity index (χ4n) is 13.0. The number of benzene rings is 3. The second-order valence-electron chi connectivity index (χ2n) is 29.2. The highest BCUT2D eigenvalue weighted by Crippen LogP contribution is 2.39. The van der Waals surface area contributed by atoms with Crippen LogP contribution in [0.1, 0.15) is 168 Å². The first-order chi connectivity index (χ1) is 47.6. The molecule has 0 unspecified atom stereocenters. The minimum absolute atomic E-state index is 0.0145. The van der Waals surface area contributed by atoms with Gasteiger partial charge in [0.2, 0.25) is 35.4 Å². The fraction of sp³-hybridized carbons (Fsp3) is 0.400. The zero-order valence-electron chi connectivity index (χ0n) is 61.0. The molecule has 0 atom stereocenters. The highest BCUT2D eigenvalue weighted by Gasteiger charge is 2.36. The molecule has 540 valence electrons. The lowest BCUT2D eigenvalue weighted by Gasteiger charge is -2.27. The van der Waals surface area contributed by atoms with E-state index in [-0.39, 0.29) is 71.5 Å². The number of hydrogen-bond donors (Lipinski definition) is 3. The van der Waals surface area contributed by atoms with Crippen molar-refractivity contribution in [2.75, 3.05) is 19.8 Å². The number of hydrogen-bond acceptors (Lipinski definition) is 18. The van der Waals surface area contributed by atoms with Crippen molar-refractivity contribution in [2.24, 2.45) is 0 Å². The number of carbonyl (C=O) groups excluding carboxylic acids is 3. The largest absolute Gasteiger partial charge is 0.475 e. The number of rotatable bonds is 3. The average molecular weight is 1450 g/mol. The van der Waals surface area contributed by atoms with Crippen LogP contribution in [0.4, 0.5) is 0 Å². The maximum absolute atomic E-state index is 13.3. The SMILES string of the molecule is Cc1cc2c(c(C(C)C)c1)CC(=O)NS(=O)(=O)c1c(C)nn(c1C)C(C)(C)COc1cc-2ccn1.Cc1cc2c(c(C(C)C)c1)CC(=O)NS(=O)(=O)c1cn(nc1C)C(C)(C)COc1cc-2ccn1.Cc1cc2c(c(C(C)C)c1)CC(=O)NS(=O)(=O)c1cnn(c1)C(C)(C)COc1cc-2ccn1. The predicted octanol–water partition coefficient (Wildman–Crippen LogP) is 11.6. The number of ether oxygens (including phenoxy) is 3. The van der Waals surface area contributed by atoms with E-state index < -0.39 is 64.4 Å². The van der Waals surface area contributed by atoms with Crippen molar-refractivity contribution in [1.82, 2.24) is 58.5 Å². The third kappa shape index (κ3) is 16.3. The van der Waals surface area contributed by atoms with E-state index in [1.807, 2.05) is 123 Å². The molecular formula is C75H90N12O12S3. The Hall–Kier alpha value is -9.60. The summed E-state index contributed by atoms with van der Waals surface area (Å²) in [6, 6.07) is 23.4. The molecule has 12 rings (SSSR count). The first-order valence-corrected chi connectivity index (χ1v) is 38.1. The van der Waals surface area contributed by atoms with E-state index in [0.29, 0.717) is 34.7 Å². The van der Waals surface area contributed by atoms with Crippen LogP contribution in [0.2, 0.25) is 0 Å². The summed E-state index contributed by atoms with van der Waals surface area (Å²) in [5.41, 5.74) is 12.7. The predicted molar refractivity (Wildman–Crippen MR) is 388 cm³/mol. The second kappa shape index (κ2) is 28.7. The third-order valence-electron chi connectivity index (χ3n) is 18.1. The number of fused-ring (bicyclic) bond motifs is 18. The van der Waals surface area contributed by atoms with Gasteiger partial charge >= 0.3 is 0 Å². The Morgan fingerprint density at radius 3 is 1.23 bits per heavy atom. The number of sulfonamides is 3. The van der Waals surface area contributed by atoms with Gasteiger partial charge in [-0.05, 0) is 186 Å². The number of aromatic nitrogens is 9. The van der Waals surface area contributed by atoms with Gasteiger partial charge < -0.3 is 14.2 Å². The number of pyridine rings is 3. The molecule has 0 radical (unpaired) electrons. The van der Waals surface area contributed by atoms with Gasteiger partial charge in [-0.25, -0.2) is 54.4 Å². The summed E-state index contributed by atoms with van der Waals surface area (Å²) in [7, 11) is -12.3. The Bertz CT molecular complexity index is 5130. The van der Waals surface area contributed by atoms with Crippen molar-refractivity contribution < 1.29 is 53.8 Å². The van der Waals surface area contributed by atoms with E-state index in [1.54, 1.807) is 48.7 Å². The molecule has 9 heterocycles. The van der Waals surface area contributed by atoms with Crippen molar-refractivity contribution in [1.29, 1.82) is 0 Å². The van der Waals surface area contributed by atoms with E-state index in [2.05, 4.69) is 98.1 Å². The van der Waals surface area contributed by atoms with Gasteiger partial charge in [0.05, 0.1) is 59.2 Å². The number of nitrogens with one attached hydrogen (secondary N) is 3. The zero-order chi connectivity index (χ0) is 74.5.